The molecular weight excluding hydrogens is 328 g/mol. The fourth-order valence-electron chi connectivity index (χ4n) is 3.15. The van der Waals surface area contributed by atoms with Gasteiger partial charge in [-0.2, -0.15) is 0 Å². The molecule has 2 rings (SSSR count). The number of benzene rings is 1. The number of esters is 1. The average Bonchev–Trinajstić information content (AvgIpc) is 2.55. The first-order valence-electron chi connectivity index (χ1n) is 9.43. The van der Waals surface area contributed by atoms with Crippen LogP contribution in [0.25, 0.3) is 0 Å². The molecule has 0 heterocycles. The molecule has 144 valence electrons. The molecule has 0 spiro atoms. The van der Waals surface area contributed by atoms with E-state index in [2.05, 4.69) is 6.07 Å². The molecule has 0 saturated heterocycles. The zero-order valence-corrected chi connectivity index (χ0v) is 16.8. The molecule has 0 atom stereocenters. The summed E-state index contributed by atoms with van der Waals surface area (Å²) in [6.45, 7) is 6.66. The number of ether oxygens (including phenoxy) is 1. The van der Waals surface area contributed by atoms with Crippen molar-refractivity contribution < 1.29 is 14.3 Å². The van der Waals surface area contributed by atoms with Gasteiger partial charge in [0, 0.05) is 18.7 Å². The second kappa shape index (κ2) is 8.67. The third-order valence-electron chi connectivity index (χ3n) is 4.44. The molecule has 5 heteroatoms. The van der Waals surface area contributed by atoms with Crippen molar-refractivity contribution in [3.63, 3.8) is 0 Å². The van der Waals surface area contributed by atoms with Gasteiger partial charge < -0.3 is 14.5 Å². The van der Waals surface area contributed by atoms with Gasteiger partial charge in [0.05, 0.1) is 0 Å². The Hall–Kier alpha value is -1.88. The Morgan fingerprint density at radius 2 is 1.69 bits per heavy atom. The number of nitrogens with zero attached hydrogens (tertiary/aromatic N) is 2. The van der Waals surface area contributed by atoms with Crippen LogP contribution in [0.15, 0.2) is 18.2 Å². The first-order valence-corrected chi connectivity index (χ1v) is 9.43. The molecule has 1 aliphatic rings. The smallest absolute Gasteiger partial charge is 0.326 e. The quantitative estimate of drug-likeness (QED) is 0.732. The molecule has 1 aromatic carbocycles. The predicted octanol–water partition coefficient (Wildman–Crippen LogP) is 2.91. The third-order valence-corrected chi connectivity index (χ3v) is 4.44. The van der Waals surface area contributed by atoms with Gasteiger partial charge in [0.1, 0.15) is 12.1 Å². The molecule has 0 radical (unpaired) electrons. The normalized spacial score (nSPS) is 14.1. The minimum atomic E-state index is -0.556. The Kier molecular flexibility index (Phi) is 6.81. The van der Waals surface area contributed by atoms with E-state index >= 15 is 0 Å². The van der Waals surface area contributed by atoms with Crippen LogP contribution in [-0.2, 0) is 22.4 Å². The Morgan fingerprint density at radius 3 is 2.31 bits per heavy atom. The Labute approximate surface area is 157 Å². The summed E-state index contributed by atoms with van der Waals surface area (Å²) in [6.07, 6.45) is 4.51. The van der Waals surface area contributed by atoms with Gasteiger partial charge in [0.25, 0.3) is 5.91 Å². The van der Waals surface area contributed by atoms with E-state index in [-0.39, 0.29) is 18.4 Å². The summed E-state index contributed by atoms with van der Waals surface area (Å²) in [5.74, 6) is -0.478. The van der Waals surface area contributed by atoms with Gasteiger partial charge in [-0.3, -0.25) is 9.59 Å². The summed E-state index contributed by atoms with van der Waals surface area (Å²) in [5, 5.41) is 0. The highest BCUT2D eigenvalue weighted by Gasteiger charge is 2.24. The van der Waals surface area contributed by atoms with Gasteiger partial charge in [-0.1, -0.05) is 6.07 Å². The van der Waals surface area contributed by atoms with Gasteiger partial charge in [0.15, 0.2) is 0 Å². The van der Waals surface area contributed by atoms with Crippen molar-refractivity contribution in [1.82, 2.24) is 9.80 Å². The molecule has 26 heavy (non-hydrogen) atoms. The first kappa shape index (κ1) is 20.4. The monoisotopic (exact) mass is 360 g/mol. The standard InChI is InChI=1S/C21H32N2O3/c1-21(2,3)26-19(24)15-23(13-12-22(4)5)20(25)18-11-10-16-8-6-7-9-17(16)14-18/h10-11,14H,6-9,12-13,15H2,1-5H3. The van der Waals surface area contributed by atoms with Crippen molar-refractivity contribution in [3.8, 4) is 0 Å². The van der Waals surface area contributed by atoms with Crippen LogP contribution in [0.1, 0.15) is 55.1 Å². The van der Waals surface area contributed by atoms with Crippen molar-refractivity contribution in [2.75, 3.05) is 33.7 Å². The van der Waals surface area contributed by atoms with Gasteiger partial charge in [-0.05, 0) is 83.8 Å². The lowest BCUT2D eigenvalue weighted by atomic mass is 9.90. The SMILES string of the molecule is CN(C)CCN(CC(=O)OC(C)(C)C)C(=O)c1ccc2c(c1)CCCC2. The number of aryl methyl sites for hydroxylation is 2. The summed E-state index contributed by atoms with van der Waals surface area (Å²) >= 11 is 0. The number of carbonyl (C=O) groups excluding carboxylic acids is 2. The highest BCUT2D eigenvalue weighted by Crippen LogP contribution is 2.23. The van der Waals surface area contributed by atoms with E-state index in [1.807, 2.05) is 51.9 Å². The van der Waals surface area contributed by atoms with E-state index < -0.39 is 5.60 Å². The summed E-state index contributed by atoms with van der Waals surface area (Å²) in [7, 11) is 3.91. The maximum Gasteiger partial charge on any atom is 0.326 e. The van der Waals surface area contributed by atoms with Crippen molar-refractivity contribution in [2.24, 2.45) is 0 Å². The number of rotatable bonds is 6. The molecule has 0 bridgehead atoms. The molecule has 1 amide bonds. The predicted molar refractivity (Wildman–Crippen MR) is 103 cm³/mol. The second-order valence-corrected chi connectivity index (χ2v) is 8.31. The number of amides is 1. The Bertz CT molecular complexity index is 647. The van der Waals surface area contributed by atoms with Crippen LogP contribution < -0.4 is 0 Å². The maximum atomic E-state index is 13.0. The molecule has 0 aliphatic heterocycles. The molecule has 1 aliphatic carbocycles. The van der Waals surface area contributed by atoms with Gasteiger partial charge >= 0.3 is 5.97 Å². The topological polar surface area (TPSA) is 49.9 Å². The summed E-state index contributed by atoms with van der Waals surface area (Å²) in [4.78, 5) is 28.9. The van der Waals surface area contributed by atoms with Crippen LogP contribution in [0, 0.1) is 0 Å². The van der Waals surface area contributed by atoms with E-state index in [1.54, 1.807) is 4.90 Å². The Balaban J connectivity index is 2.15. The number of fused-ring (bicyclic) bond motifs is 1. The molecule has 0 N–H and O–H groups in total. The van der Waals surface area contributed by atoms with E-state index in [1.165, 1.54) is 24.0 Å². The largest absolute Gasteiger partial charge is 0.459 e. The van der Waals surface area contributed by atoms with Crippen molar-refractivity contribution in [3.05, 3.63) is 34.9 Å². The lowest BCUT2D eigenvalue weighted by molar-refractivity contribution is -0.155. The summed E-state index contributed by atoms with van der Waals surface area (Å²) in [5.41, 5.74) is 2.72. The highest BCUT2D eigenvalue weighted by atomic mass is 16.6. The van der Waals surface area contributed by atoms with Crippen molar-refractivity contribution in [2.45, 2.75) is 52.1 Å². The van der Waals surface area contributed by atoms with E-state index in [4.69, 9.17) is 4.74 Å². The van der Waals surface area contributed by atoms with E-state index in [0.29, 0.717) is 18.7 Å². The van der Waals surface area contributed by atoms with Gasteiger partial charge in [-0.25, -0.2) is 0 Å². The summed E-state index contributed by atoms with van der Waals surface area (Å²) < 4.78 is 5.41. The number of hydrogen-bond donors (Lipinski definition) is 0. The summed E-state index contributed by atoms with van der Waals surface area (Å²) in [6, 6.07) is 5.97. The molecular formula is C21H32N2O3. The molecule has 5 nitrogen and oxygen atoms in total. The minimum Gasteiger partial charge on any atom is -0.459 e. The molecule has 1 aromatic rings. The Morgan fingerprint density at radius 1 is 1.04 bits per heavy atom. The molecule has 0 unspecified atom stereocenters. The lowest BCUT2D eigenvalue weighted by Crippen LogP contribution is -2.42. The molecule has 0 saturated carbocycles. The van der Waals surface area contributed by atoms with E-state index in [9.17, 15) is 9.59 Å². The third kappa shape index (κ3) is 6.13. The second-order valence-electron chi connectivity index (χ2n) is 8.31. The number of likely N-dealkylation sites (N-methyl/N-ethyl adjacent to an activating group) is 1. The van der Waals surface area contributed by atoms with Gasteiger partial charge in [0.2, 0.25) is 0 Å². The van der Waals surface area contributed by atoms with E-state index in [0.717, 1.165) is 12.8 Å². The van der Waals surface area contributed by atoms with Crippen LogP contribution in [0.5, 0.6) is 0 Å². The average molecular weight is 360 g/mol. The maximum absolute atomic E-state index is 13.0. The fourth-order valence-corrected chi connectivity index (χ4v) is 3.15. The lowest BCUT2D eigenvalue weighted by Gasteiger charge is -2.27. The van der Waals surface area contributed by atoms with Gasteiger partial charge in [-0.15, -0.1) is 0 Å². The number of carbonyl (C=O) groups is 2. The molecule has 0 aromatic heterocycles. The fraction of sp³-hybridized carbons (Fsp3) is 0.619. The van der Waals surface area contributed by atoms with Crippen LogP contribution >= 0.6 is 0 Å². The zero-order chi connectivity index (χ0) is 19.3. The first-order chi connectivity index (χ1) is 12.2. The van der Waals surface area contributed by atoms with Crippen molar-refractivity contribution >= 4 is 11.9 Å². The molecule has 0 fully saturated rings. The van der Waals surface area contributed by atoms with Crippen LogP contribution in [0.3, 0.4) is 0 Å². The highest BCUT2D eigenvalue weighted by molar-refractivity contribution is 5.96. The number of hydrogen-bond acceptors (Lipinski definition) is 4. The zero-order valence-electron chi connectivity index (χ0n) is 16.8. The van der Waals surface area contributed by atoms with Crippen LogP contribution in [0.2, 0.25) is 0 Å². The minimum absolute atomic E-state index is 0.0268. The van der Waals surface area contributed by atoms with Crippen LogP contribution in [0.4, 0.5) is 0 Å². The van der Waals surface area contributed by atoms with Crippen LogP contribution in [-0.4, -0.2) is 61.0 Å². The van der Waals surface area contributed by atoms with Crippen molar-refractivity contribution in [1.29, 1.82) is 0 Å².